The number of carbonyl (C=O) groups excluding carboxylic acids is 2. The van der Waals surface area contributed by atoms with Crippen LogP contribution in [0.3, 0.4) is 0 Å². The lowest BCUT2D eigenvalue weighted by atomic mass is 10.3. The molecule has 0 aliphatic rings. The zero-order valence-corrected chi connectivity index (χ0v) is 9.78. The van der Waals surface area contributed by atoms with E-state index in [0.29, 0.717) is 6.54 Å². The van der Waals surface area contributed by atoms with Crippen LogP contribution in [0.4, 0.5) is 0 Å². The first-order chi connectivity index (χ1) is 7.58. The van der Waals surface area contributed by atoms with Gasteiger partial charge in [0.05, 0.1) is 7.11 Å². The predicted octanol–water partition coefficient (Wildman–Crippen LogP) is 1.57. The number of ether oxygens (including phenoxy) is 1. The van der Waals surface area contributed by atoms with Crippen LogP contribution < -0.4 is 0 Å². The summed E-state index contributed by atoms with van der Waals surface area (Å²) < 4.78 is 9.45. The monoisotopic (exact) mass is 245 g/mol. The Kier molecular flexibility index (Phi) is 4.37. The molecule has 0 N–H and O–H groups in total. The van der Waals surface area contributed by atoms with Gasteiger partial charge in [0.15, 0.2) is 11.0 Å². The Morgan fingerprint density at radius 1 is 1.50 bits per heavy atom. The summed E-state index contributed by atoms with van der Waals surface area (Å²) in [7, 11) is 1.27. The van der Waals surface area contributed by atoms with Gasteiger partial charge < -0.3 is 14.1 Å². The van der Waals surface area contributed by atoms with Crippen molar-refractivity contribution in [1.82, 2.24) is 4.90 Å². The van der Waals surface area contributed by atoms with Crippen LogP contribution in [-0.4, -0.2) is 37.0 Å². The Labute approximate surface area is 97.9 Å². The van der Waals surface area contributed by atoms with Gasteiger partial charge in [0.25, 0.3) is 5.91 Å². The highest BCUT2D eigenvalue weighted by atomic mass is 35.5. The molecule has 0 aliphatic heterocycles. The Morgan fingerprint density at radius 2 is 2.19 bits per heavy atom. The number of amides is 1. The summed E-state index contributed by atoms with van der Waals surface area (Å²) in [4.78, 5) is 24.2. The molecule has 0 bridgehead atoms. The Hall–Kier alpha value is -1.49. The van der Waals surface area contributed by atoms with Crippen molar-refractivity contribution in [3.05, 3.63) is 23.1 Å². The average Bonchev–Trinajstić information content (AvgIpc) is 2.71. The average molecular weight is 246 g/mol. The molecule has 1 aromatic rings. The number of methoxy groups -OCH3 is 1. The number of carbonyl (C=O) groups is 2. The maximum absolute atomic E-state index is 11.8. The number of hydrogen-bond acceptors (Lipinski definition) is 4. The van der Waals surface area contributed by atoms with Crippen LogP contribution in [0.1, 0.15) is 17.5 Å². The van der Waals surface area contributed by atoms with Gasteiger partial charge in [-0.3, -0.25) is 9.59 Å². The summed E-state index contributed by atoms with van der Waals surface area (Å²) >= 11 is 5.56. The Balaban J connectivity index is 2.73. The number of hydrogen-bond donors (Lipinski definition) is 0. The number of nitrogens with zero attached hydrogens (tertiary/aromatic N) is 1. The number of rotatable bonds is 4. The van der Waals surface area contributed by atoms with Crippen molar-refractivity contribution >= 4 is 23.5 Å². The summed E-state index contributed by atoms with van der Waals surface area (Å²) in [6, 6.07) is 2.94. The van der Waals surface area contributed by atoms with Gasteiger partial charge >= 0.3 is 5.97 Å². The highest BCUT2D eigenvalue weighted by Gasteiger charge is 2.20. The van der Waals surface area contributed by atoms with Crippen LogP contribution in [0.15, 0.2) is 16.5 Å². The van der Waals surface area contributed by atoms with E-state index in [9.17, 15) is 9.59 Å². The number of esters is 1. The number of likely N-dealkylation sites (N-methyl/N-ethyl adjacent to an activating group) is 1. The minimum absolute atomic E-state index is 0.107. The molecule has 1 heterocycles. The normalized spacial score (nSPS) is 9.94. The zero-order chi connectivity index (χ0) is 12.1. The summed E-state index contributed by atoms with van der Waals surface area (Å²) in [5.41, 5.74) is 0. The summed E-state index contributed by atoms with van der Waals surface area (Å²) in [5, 5.41) is 0.137. The third kappa shape index (κ3) is 3.00. The molecule has 88 valence electrons. The molecule has 0 aliphatic carbocycles. The fourth-order valence-corrected chi connectivity index (χ4v) is 1.28. The Morgan fingerprint density at radius 3 is 2.62 bits per heavy atom. The first kappa shape index (κ1) is 12.6. The molecule has 0 spiro atoms. The van der Waals surface area contributed by atoms with E-state index in [1.807, 2.05) is 0 Å². The highest BCUT2D eigenvalue weighted by Crippen LogP contribution is 2.14. The molecule has 0 atom stereocenters. The zero-order valence-electron chi connectivity index (χ0n) is 9.03. The summed E-state index contributed by atoms with van der Waals surface area (Å²) in [6.45, 7) is 2.03. The van der Waals surface area contributed by atoms with Gasteiger partial charge in [-0.25, -0.2) is 0 Å². The molecule has 1 aromatic heterocycles. The van der Waals surface area contributed by atoms with E-state index in [1.165, 1.54) is 24.1 Å². The quantitative estimate of drug-likeness (QED) is 0.756. The second kappa shape index (κ2) is 5.55. The van der Waals surface area contributed by atoms with Gasteiger partial charge in [-0.1, -0.05) is 0 Å². The van der Waals surface area contributed by atoms with Gasteiger partial charge in [0, 0.05) is 6.54 Å². The van der Waals surface area contributed by atoms with Gasteiger partial charge in [-0.05, 0) is 30.7 Å². The predicted molar refractivity (Wildman–Crippen MR) is 57.3 cm³/mol. The van der Waals surface area contributed by atoms with E-state index in [2.05, 4.69) is 4.74 Å². The minimum atomic E-state index is -0.479. The third-order valence-corrected chi connectivity index (χ3v) is 2.20. The molecule has 0 aromatic carbocycles. The van der Waals surface area contributed by atoms with Crippen molar-refractivity contribution < 1.29 is 18.7 Å². The number of furan rings is 1. The lowest BCUT2D eigenvalue weighted by Gasteiger charge is -2.17. The van der Waals surface area contributed by atoms with Crippen LogP contribution in [0.25, 0.3) is 0 Å². The van der Waals surface area contributed by atoms with Crippen molar-refractivity contribution in [3.8, 4) is 0 Å². The van der Waals surface area contributed by atoms with E-state index in [1.54, 1.807) is 6.92 Å². The first-order valence-electron chi connectivity index (χ1n) is 4.70. The lowest BCUT2D eigenvalue weighted by molar-refractivity contribution is -0.141. The molecule has 0 fully saturated rings. The van der Waals surface area contributed by atoms with Crippen molar-refractivity contribution in [2.45, 2.75) is 6.92 Å². The third-order valence-electron chi connectivity index (χ3n) is 2.00. The van der Waals surface area contributed by atoms with Crippen molar-refractivity contribution in [2.24, 2.45) is 0 Å². The maximum atomic E-state index is 11.8. The highest BCUT2D eigenvalue weighted by molar-refractivity contribution is 6.29. The van der Waals surface area contributed by atoms with E-state index >= 15 is 0 Å². The second-order valence-corrected chi connectivity index (χ2v) is 3.37. The molecule has 0 saturated heterocycles. The van der Waals surface area contributed by atoms with Crippen molar-refractivity contribution in [2.75, 3.05) is 20.2 Å². The van der Waals surface area contributed by atoms with Gasteiger partial charge in [-0.2, -0.15) is 0 Å². The molecule has 6 heteroatoms. The number of halogens is 1. The fraction of sp³-hybridized carbons (Fsp3) is 0.400. The fourth-order valence-electron chi connectivity index (χ4n) is 1.13. The molecule has 16 heavy (non-hydrogen) atoms. The van der Waals surface area contributed by atoms with E-state index in [-0.39, 0.29) is 23.4 Å². The van der Waals surface area contributed by atoms with Crippen LogP contribution in [0.5, 0.6) is 0 Å². The molecular formula is C10H12ClNO4. The summed E-state index contributed by atoms with van der Waals surface area (Å²) in [6.07, 6.45) is 0. The second-order valence-electron chi connectivity index (χ2n) is 3.00. The first-order valence-corrected chi connectivity index (χ1v) is 5.07. The van der Waals surface area contributed by atoms with Gasteiger partial charge in [0.2, 0.25) is 0 Å². The molecule has 1 amide bonds. The maximum Gasteiger partial charge on any atom is 0.325 e. The molecule has 1 rings (SSSR count). The van der Waals surface area contributed by atoms with Gasteiger partial charge in [-0.15, -0.1) is 0 Å². The van der Waals surface area contributed by atoms with E-state index in [4.69, 9.17) is 16.0 Å². The molecule has 0 radical (unpaired) electrons. The molecule has 0 unspecified atom stereocenters. The standard InChI is InChI=1S/C10H12ClNO4/c1-3-12(6-9(13)15-2)10(14)7-4-5-8(11)16-7/h4-5H,3,6H2,1-2H3. The van der Waals surface area contributed by atoms with Crippen LogP contribution in [0.2, 0.25) is 5.22 Å². The van der Waals surface area contributed by atoms with Crippen LogP contribution >= 0.6 is 11.6 Å². The van der Waals surface area contributed by atoms with E-state index < -0.39 is 5.97 Å². The van der Waals surface area contributed by atoms with E-state index in [0.717, 1.165) is 0 Å². The molecule has 0 saturated carbocycles. The molecule has 5 nitrogen and oxygen atoms in total. The smallest absolute Gasteiger partial charge is 0.325 e. The topological polar surface area (TPSA) is 59.8 Å². The summed E-state index contributed by atoms with van der Waals surface area (Å²) in [5.74, 6) is -0.761. The molecular weight excluding hydrogens is 234 g/mol. The lowest BCUT2D eigenvalue weighted by Crippen LogP contribution is -2.35. The van der Waals surface area contributed by atoms with Gasteiger partial charge in [0.1, 0.15) is 6.54 Å². The Bertz CT molecular complexity index is 388. The SMILES string of the molecule is CCN(CC(=O)OC)C(=O)c1ccc(Cl)o1. The van der Waals surface area contributed by atoms with Crippen LogP contribution in [0, 0.1) is 0 Å². The van der Waals surface area contributed by atoms with Crippen LogP contribution in [-0.2, 0) is 9.53 Å². The van der Waals surface area contributed by atoms with Crippen molar-refractivity contribution in [3.63, 3.8) is 0 Å². The largest absolute Gasteiger partial charge is 0.468 e. The van der Waals surface area contributed by atoms with Crippen molar-refractivity contribution in [1.29, 1.82) is 0 Å². The minimum Gasteiger partial charge on any atom is -0.468 e.